The van der Waals surface area contributed by atoms with Gasteiger partial charge < -0.3 is 9.64 Å². The Hall–Kier alpha value is -1.46. The number of amides is 1. The van der Waals surface area contributed by atoms with E-state index in [1.54, 1.807) is 19.5 Å². The average Bonchev–Trinajstić information content (AvgIpc) is 2.46. The number of pyridine rings is 1. The first-order valence-corrected chi connectivity index (χ1v) is 7.95. The Morgan fingerprint density at radius 2 is 2.23 bits per heavy atom. The fourth-order valence-electron chi connectivity index (χ4n) is 3.82. The quantitative estimate of drug-likeness (QED) is 0.850. The number of methoxy groups -OCH3 is 1. The number of ether oxygens (including phenoxy) is 1. The van der Waals surface area contributed by atoms with Gasteiger partial charge in [-0.05, 0) is 50.9 Å². The van der Waals surface area contributed by atoms with E-state index in [1.165, 1.54) is 6.42 Å². The number of hydrogen-bond acceptors (Lipinski definition) is 4. The van der Waals surface area contributed by atoms with Crippen molar-refractivity contribution >= 4 is 5.91 Å². The summed E-state index contributed by atoms with van der Waals surface area (Å²) < 4.78 is 5.33. The third-order valence-electron chi connectivity index (χ3n) is 5.13. The maximum absolute atomic E-state index is 12.6. The van der Waals surface area contributed by atoms with Crippen LogP contribution in [-0.2, 0) is 4.74 Å². The van der Waals surface area contributed by atoms with Crippen molar-refractivity contribution in [2.24, 2.45) is 5.92 Å². The Morgan fingerprint density at radius 3 is 2.91 bits per heavy atom. The van der Waals surface area contributed by atoms with Crippen LogP contribution in [0.25, 0.3) is 0 Å². The summed E-state index contributed by atoms with van der Waals surface area (Å²) in [5.41, 5.74) is 1.87. The van der Waals surface area contributed by atoms with Crippen molar-refractivity contribution in [3.05, 3.63) is 29.6 Å². The molecule has 22 heavy (non-hydrogen) atoms. The van der Waals surface area contributed by atoms with Crippen molar-refractivity contribution < 1.29 is 9.53 Å². The molecule has 3 heterocycles. The number of hydrogen-bond donors (Lipinski definition) is 0. The molecule has 0 N–H and O–H groups in total. The molecule has 2 aliphatic heterocycles. The van der Waals surface area contributed by atoms with Gasteiger partial charge in [-0.1, -0.05) is 0 Å². The largest absolute Gasteiger partial charge is 0.384 e. The lowest BCUT2D eigenvalue weighted by molar-refractivity contribution is -0.0731. The van der Waals surface area contributed by atoms with Gasteiger partial charge in [-0.15, -0.1) is 0 Å². The van der Waals surface area contributed by atoms with Gasteiger partial charge in [0.2, 0.25) is 0 Å². The summed E-state index contributed by atoms with van der Waals surface area (Å²) in [6.07, 6.45) is 5.74. The topological polar surface area (TPSA) is 45.7 Å². The van der Waals surface area contributed by atoms with Crippen LogP contribution in [0.1, 0.15) is 28.8 Å². The summed E-state index contributed by atoms with van der Waals surface area (Å²) in [5, 5.41) is 0. The average molecular weight is 303 g/mol. The smallest absolute Gasteiger partial charge is 0.255 e. The lowest BCUT2D eigenvalue weighted by Gasteiger charge is -2.58. The first-order chi connectivity index (χ1) is 10.5. The van der Waals surface area contributed by atoms with Crippen molar-refractivity contribution in [1.82, 2.24) is 14.8 Å². The van der Waals surface area contributed by atoms with Crippen LogP contribution in [0.15, 0.2) is 18.5 Å². The molecule has 5 nitrogen and oxygen atoms in total. The second kappa shape index (κ2) is 5.97. The molecule has 0 aliphatic carbocycles. The van der Waals surface area contributed by atoms with Gasteiger partial charge in [0, 0.05) is 39.2 Å². The highest BCUT2D eigenvalue weighted by Gasteiger charge is 2.50. The normalized spacial score (nSPS) is 24.3. The molecule has 0 saturated carbocycles. The highest BCUT2D eigenvalue weighted by atomic mass is 16.5. The molecule has 1 amide bonds. The van der Waals surface area contributed by atoms with E-state index < -0.39 is 0 Å². The Kier molecular flexibility index (Phi) is 4.19. The summed E-state index contributed by atoms with van der Waals surface area (Å²) in [6, 6.07) is 1.92. The number of likely N-dealkylation sites (N-methyl/N-ethyl adjacent to an activating group) is 1. The molecular weight excluding hydrogens is 278 g/mol. The molecule has 120 valence electrons. The lowest BCUT2D eigenvalue weighted by Crippen LogP contribution is -2.72. The number of aromatic nitrogens is 1. The zero-order valence-electron chi connectivity index (χ0n) is 13.7. The predicted molar refractivity (Wildman–Crippen MR) is 84.8 cm³/mol. The monoisotopic (exact) mass is 303 g/mol. The third kappa shape index (κ3) is 2.75. The molecule has 1 aromatic rings. The maximum Gasteiger partial charge on any atom is 0.255 e. The fraction of sp³-hybridized carbons (Fsp3) is 0.647. The number of aryl methyl sites for hydroxylation is 1. The van der Waals surface area contributed by atoms with Gasteiger partial charge in [0.25, 0.3) is 5.91 Å². The van der Waals surface area contributed by atoms with Crippen LogP contribution in [0.2, 0.25) is 0 Å². The summed E-state index contributed by atoms with van der Waals surface area (Å²) in [4.78, 5) is 21.1. The van der Waals surface area contributed by atoms with Crippen LogP contribution in [-0.4, -0.2) is 66.6 Å². The van der Waals surface area contributed by atoms with Gasteiger partial charge in [0.15, 0.2) is 0 Å². The summed E-state index contributed by atoms with van der Waals surface area (Å²) >= 11 is 0. The van der Waals surface area contributed by atoms with E-state index in [0.29, 0.717) is 11.5 Å². The minimum atomic E-state index is 0.101. The van der Waals surface area contributed by atoms with Gasteiger partial charge in [0.1, 0.15) is 0 Å². The van der Waals surface area contributed by atoms with Crippen LogP contribution >= 0.6 is 0 Å². The molecular formula is C17H25N3O2. The van der Waals surface area contributed by atoms with E-state index in [-0.39, 0.29) is 11.4 Å². The zero-order valence-corrected chi connectivity index (χ0v) is 13.7. The predicted octanol–water partition coefficient (Wildman–Crippen LogP) is 1.57. The van der Waals surface area contributed by atoms with Crippen molar-refractivity contribution in [3.8, 4) is 0 Å². The number of piperidine rings is 1. The third-order valence-corrected chi connectivity index (χ3v) is 5.13. The molecule has 0 bridgehead atoms. The molecule has 0 radical (unpaired) electrons. The Balaban J connectivity index is 1.65. The molecule has 2 aliphatic rings. The van der Waals surface area contributed by atoms with E-state index in [9.17, 15) is 4.79 Å². The van der Waals surface area contributed by atoms with E-state index in [1.807, 2.05) is 17.9 Å². The Morgan fingerprint density at radius 1 is 1.45 bits per heavy atom. The van der Waals surface area contributed by atoms with Gasteiger partial charge in [-0.2, -0.15) is 0 Å². The van der Waals surface area contributed by atoms with Crippen molar-refractivity contribution in [3.63, 3.8) is 0 Å². The first-order valence-electron chi connectivity index (χ1n) is 7.95. The Bertz CT molecular complexity index is 555. The highest BCUT2D eigenvalue weighted by Crippen LogP contribution is 2.38. The Labute approximate surface area is 132 Å². The molecule has 1 aromatic heterocycles. The highest BCUT2D eigenvalue weighted by molar-refractivity contribution is 5.94. The molecule has 0 aromatic carbocycles. The van der Waals surface area contributed by atoms with Crippen LogP contribution in [0.5, 0.6) is 0 Å². The second-order valence-electron chi connectivity index (χ2n) is 6.87. The summed E-state index contributed by atoms with van der Waals surface area (Å²) in [5.74, 6) is 0.711. The van der Waals surface area contributed by atoms with E-state index in [2.05, 4.69) is 16.9 Å². The van der Waals surface area contributed by atoms with E-state index in [0.717, 1.165) is 38.2 Å². The van der Waals surface area contributed by atoms with Crippen LogP contribution in [0.3, 0.4) is 0 Å². The summed E-state index contributed by atoms with van der Waals surface area (Å²) in [6.45, 7) is 5.51. The minimum absolute atomic E-state index is 0.101. The molecule has 1 spiro atoms. The first kappa shape index (κ1) is 15.4. The number of carbonyl (C=O) groups is 1. The zero-order chi connectivity index (χ0) is 15.7. The molecule has 2 saturated heterocycles. The summed E-state index contributed by atoms with van der Waals surface area (Å²) in [7, 11) is 3.95. The van der Waals surface area contributed by atoms with Gasteiger partial charge in [-0.3, -0.25) is 14.7 Å². The molecule has 1 unspecified atom stereocenters. The minimum Gasteiger partial charge on any atom is -0.384 e. The number of rotatable bonds is 3. The number of likely N-dealkylation sites (tertiary alicyclic amines) is 2. The molecule has 5 heteroatoms. The fourth-order valence-corrected chi connectivity index (χ4v) is 3.82. The molecule has 2 fully saturated rings. The van der Waals surface area contributed by atoms with Gasteiger partial charge in [-0.25, -0.2) is 0 Å². The number of nitrogens with zero attached hydrogens (tertiary/aromatic N) is 3. The lowest BCUT2D eigenvalue weighted by atomic mass is 9.75. The van der Waals surface area contributed by atoms with Crippen LogP contribution in [0.4, 0.5) is 0 Å². The van der Waals surface area contributed by atoms with E-state index >= 15 is 0 Å². The second-order valence-corrected chi connectivity index (χ2v) is 6.87. The van der Waals surface area contributed by atoms with Crippen LogP contribution < -0.4 is 0 Å². The number of carbonyl (C=O) groups excluding carboxylic acids is 1. The molecule has 1 atom stereocenters. The van der Waals surface area contributed by atoms with Crippen molar-refractivity contribution in [2.75, 3.05) is 40.4 Å². The van der Waals surface area contributed by atoms with Gasteiger partial charge in [0.05, 0.1) is 11.1 Å². The van der Waals surface area contributed by atoms with Crippen LogP contribution in [0, 0.1) is 12.8 Å². The van der Waals surface area contributed by atoms with Crippen molar-refractivity contribution in [2.45, 2.75) is 25.3 Å². The van der Waals surface area contributed by atoms with E-state index in [4.69, 9.17) is 4.74 Å². The van der Waals surface area contributed by atoms with Gasteiger partial charge >= 0.3 is 0 Å². The maximum atomic E-state index is 12.6. The SMILES string of the molecule is COCC1CCN(C)C2(C1)CN(C(=O)c1cncc(C)c1)C2. The molecule has 3 rings (SSSR count). The van der Waals surface area contributed by atoms with Crippen molar-refractivity contribution in [1.29, 1.82) is 0 Å². The standard InChI is InChI=1S/C17H25N3O2/c1-13-6-15(9-18-8-13)16(21)20-11-17(12-20)7-14(10-22-3)4-5-19(17)2/h6,8-9,14H,4-5,7,10-12H2,1-3H3.